The molecule has 0 saturated heterocycles. The summed E-state index contributed by atoms with van der Waals surface area (Å²) in [7, 11) is 0. The molecule has 1 heterocycles. The fourth-order valence-corrected chi connectivity index (χ4v) is 2.55. The summed E-state index contributed by atoms with van der Waals surface area (Å²) in [4.78, 5) is 0. The van der Waals surface area contributed by atoms with Gasteiger partial charge in [-0.3, -0.25) is 0 Å². The Kier molecular flexibility index (Phi) is 3.29. The minimum Gasteiger partial charge on any atom is -0.325 e. The second-order valence-corrected chi connectivity index (χ2v) is 5.04. The average molecular weight is 260 g/mol. The first-order chi connectivity index (χ1) is 9.28. The van der Waals surface area contributed by atoms with E-state index < -0.39 is 0 Å². The van der Waals surface area contributed by atoms with Crippen LogP contribution >= 0.6 is 0 Å². The summed E-state index contributed by atoms with van der Waals surface area (Å²) in [6.07, 6.45) is 3.59. The fraction of sp³-hybridized carbons (Fsp3) is 0.429. The molecule has 0 spiro atoms. The molecule has 4 nitrogen and oxygen atoms in total. The number of hydrogen-bond acceptors (Lipinski definition) is 3. The van der Waals surface area contributed by atoms with Crippen molar-refractivity contribution in [3.8, 4) is 0 Å². The highest BCUT2D eigenvalue weighted by Crippen LogP contribution is 2.37. The van der Waals surface area contributed by atoms with Crippen LogP contribution in [0.4, 0.5) is 4.39 Å². The first-order valence-electron chi connectivity index (χ1n) is 6.64. The molecule has 0 unspecified atom stereocenters. The van der Waals surface area contributed by atoms with Crippen LogP contribution in [0.1, 0.15) is 42.1 Å². The second kappa shape index (κ2) is 5.09. The van der Waals surface area contributed by atoms with Gasteiger partial charge in [0, 0.05) is 12.5 Å². The van der Waals surface area contributed by atoms with E-state index in [0.29, 0.717) is 19.0 Å². The van der Waals surface area contributed by atoms with Gasteiger partial charge in [-0.25, -0.2) is 9.07 Å². The third-order valence-corrected chi connectivity index (χ3v) is 3.75. The molecule has 1 fully saturated rings. The minimum atomic E-state index is -0.221. The topological polar surface area (TPSA) is 56.7 Å². The molecule has 1 aromatic carbocycles. The van der Waals surface area contributed by atoms with Crippen LogP contribution in [0.2, 0.25) is 0 Å². The van der Waals surface area contributed by atoms with Gasteiger partial charge in [-0.15, -0.1) is 5.10 Å². The summed E-state index contributed by atoms with van der Waals surface area (Å²) < 4.78 is 15.1. The molecule has 1 saturated carbocycles. The molecule has 100 valence electrons. The Morgan fingerprint density at radius 1 is 1.37 bits per heavy atom. The van der Waals surface area contributed by atoms with Gasteiger partial charge >= 0.3 is 0 Å². The van der Waals surface area contributed by atoms with Crippen LogP contribution in [0.15, 0.2) is 24.3 Å². The molecule has 0 aliphatic heterocycles. The molecule has 0 amide bonds. The first kappa shape index (κ1) is 12.3. The third-order valence-electron chi connectivity index (χ3n) is 3.75. The van der Waals surface area contributed by atoms with Gasteiger partial charge in [-0.1, -0.05) is 23.8 Å². The summed E-state index contributed by atoms with van der Waals surface area (Å²) in [5, 5.41) is 8.33. The molecule has 2 N–H and O–H groups in total. The molecule has 1 aliphatic rings. The van der Waals surface area contributed by atoms with Gasteiger partial charge in [-0.05, 0) is 30.5 Å². The quantitative estimate of drug-likeness (QED) is 0.916. The summed E-state index contributed by atoms with van der Waals surface area (Å²) in [5.41, 5.74) is 8.63. The monoisotopic (exact) mass is 260 g/mol. The summed E-state index contributed by atoms with van der Waals surface area (Å²) in [5.74, 6) is 0.295. The molecular formula is C14H17FN4. The Morgan fingerprint density at radius 2 is 2.21 bits per heavy atom. The van der Waals surface area contributed by atoms with Crippen molar-refractivity contribution >= 4 is 0 Å². The number of nitrogens with two attached hydrogens (primary N) is 1. The van der Waals surface area contributed by atoms with E-state index >= 15 is 0 Å². The number of aromatic nitrogens is 3. The normalized spacial score (nSPS) is 15.5. The van der Waals surface area contributed by atoms with Crippen LogP contribution in [0.25, 0.3) is 0 Å². The lowest BCUT2D eigenvalue weighted by Crippen LogP contribution is -2.18. The van der Waals surface area contributed by atoms with Gasteiger partial charge in [-0.2, -0.15) is 0 Å². The predicted octanol–water partition coefficient (Wildman–Crippen LogP) is 2.19. The molecule has 1 aliphatic carbocycles. The number of hydrogen-bond donors (Lipinski definition) is 1. The van der Waals surface area contributed by atoms with E-state index in [1.165, 1.54) is 31.4 Å². The zero-order valence-electron chi connectivity index (χ0n) is 10.7. The van der Waals surface area contributed by atoms with Gasteiger partial charge in [0.05, 0.1) is 17.9 Å². The fourth-order valence-electron chi connectivity index (χ4n) is 2.55. The van der Waals surface area contributed by atoms with Crippen molar-refractivity contribution in [2.45, 2.75) is 38.3 Å². The highest BCUT2D eigenvalue weighted by Gasteiger charge is 2.27. The molecule has 3 rings (SSSR count). The lowest BCUT2D eigenvalue weighted by atomic mass is 9.82. The van der Waals surface area contributed by atoms with Crippen molar-refractivity contribution in [1.82, 2.24) is 15.0 Å². The van der Waals surface area contributed by atoms with Crippen molar-refractivity contribution in [3.05, 3.63) is 47.0 Å². The first-order valence-corrected chi connectivity index (χ1v) is 6.64. The highest BCUT2D eigenvalue weighted by atomic mass is 19.1. The van der Waals surface area contributed by atoms with E-state index in [1.807, 2.05) is 10.7 Å². The van der Waals surface area contributed by atoms with E-state index in [4.69, 9.17) is 5.73 Å². The van der Waals surface area contributed by atoms with Crippen molar-refractivity contribution in [1.29, 1.82) is 0 Å². The number of benzene rings is 1. The zero-order chi connectivity index (χ0) is 13.2. The van der Waals surface area contributed by atoms with Crippen LogP contribution in [-0.4, -0.2) is 15.0 Å². The van der Waals surface area contributed by atoms with E-state index in [2.05, 4.69) is 10.3 Å². The molecular weight excluding hydrogens is 243 g/mol. The molecule has 0 atom stereocenters. The SMILES string of the molecule is NCc1nnn(Cc2cccc(F)c2)c1C1CCC1. The largest absolute Gasteiger partial charge is 0.325 e. The van der Waals surface area contributed by atoms with E-state index in [9.17, 15) is 4.39 Å². The summed E-state index contributed by atoms with van der Waals surface area (Å²) in [6.45, 7) is 0.964. The maximum absolute atomic E-state index is 13.2. The van der Waals surface area contributed by atoms with Gasteiger partial charge in [0.2, 0.25) is 0 Å². The maximum atomic E-state index is 13.2. The smallest absolute Gasteiger partial charge is 0.123 e. The van der Waals surface area contributed by atoms with Crippen molar-refractivity contribution in [2.75, 3.05) is 0 Å². The molecule has 0 bridgehead atoms. The zero-order valence-corrected chi connectivity index (χ0v) is 10.7. The Balaban J connectivity index is 1.90. The van der Waals surface area contributed by atoms with Gasteiger partial charge in [0.15, 0.2) is 0 Å². The predicted molar refractivity (Wildman–Crippen MR) is 70.0 cm³/mol. The summed E-state index contributed by atoms with van der Waals surface area (Å²) >= 11 is 0. The molecule has 19 heavy (non-hydrogen) atoms. The van der Waals surface area contributed by atoms with Crippen LogP contribution in [-0.2, 0) is 13.1 Å². The van der Waals surface area contributed by atoms with E-state index in [0.717, 1.165) is 17.0 Å². The van der Waals surface area contributed by atoms with Gasteiger partial charge < -0.3 is 5.73 Å². The van der Waals surface area contributed by atoms with Crippen molar-refractivity contribution in [2.24, 2.45) is 5.73 Å². The number of halogens is 1. The Bertz CT molecular complexity index is 575. The Hall–Kier alpha value is -1.75. The van der Waals surface area contributed by atoms with Crippen LogP contribution in [0.3, 0.4) is 0 Å². The Labute approximate surface area is 111 Å². The number of nitrogens with zero attached hydrogens (tertiary/aromatic N) is 3. The number of rotatable bonds is 4. The molecule has 5 heteroatoms. The van der Waals surface area contributed by atoms with Crippen LogP contribution in [0.5, 0.6) is 0 Å². The van der Waals surface area contributed by atoms with Crippen LogP contribution in [0, 0.1) is 5.82 Å². The molecule has 0 radical (unpaired) electrons. The standard InChI is InChI=1S/C14H17FN4/c15-12-6-1-3-10(7-12)9-19-14(11-4-2-5-11)13(8-16)17-18-19/h1,3,6-7,11H,2,4-5,8-9,16H2. The maximum Gasteiger partial charge on any atom is 0.123 e. The lowest BCUT2D eigenvalue weighted by Gasteiger charge is -2.26. The van der Waals surface area contributed by atoms with E-state index in [1.54, 1.807) is 6.07 Å². The minimum absolute atomic E-state index is 0.221. The third kappa shape index (κ3) is 2.38. The second-order valence-electron chi connectivity index (χ2n) is 5.04. The highest BCUT2D eigenvalue weighted by molar-refractivity contribution is 5.21. The van der Waals surface area contributed by atoms with Gasteiger partial charge in [0.25, 0.3) is 0 Å². The van der Waals surface area contributed by atoms with Crippen LogP contribution < -0.4 is 5.73 Å². The molecule has 1 aromatic heterocycles. The Morgan fingerprint density at radius 3 is 2.84 bits per heavy atom. The average Bonchev–Trinajstić information content (AvgIpc) is 2.70. The summed E-state index contributed by atoms with van der Waals surface area (Å²) in [6, 6.07) is 6.60. The lowest BCUT2D eigenvalue weighted by molar-refractivity contribution is 0.390. The van der Waals surface area contributed by atoms with Gasteiger partial charge in [0.1, 0.15) is 5.82 Å². The molecule has 2 aromatic rings. The van der Waals surface area contributed by atoms with Crippen molar-refractivity contribution < 1.29 is 4.39 Å². The van der Waals surface area contributed by atoms with E-state index in [-0.39, 0.29) is 5.82 Å². The van der Waals surface area contributed by atoms with Crippen molar-refractivity contribution in [3.63, 3.8) is 0 Å².